The maximum Gasteiger partial charge on any atom is 0.260 e. The lowest BCUT2D eigenvalue weighted by molar-refractivity contribution is -0.118. The fourth-order valence-corrected chi connectivity index (χ4v) is 5.37. The molecule has 148 valence electrons. The van der Waals surface area contributed by atoms with Crippen LogP contribution in [-0.2, 0) is 11.3 Å². The summed E-state index contributed by atoms with van der Waals surface area (Å²) in [5, 5.41) is 0. The van der Waals surface area contributed by atoms with Crippen molar-refractivity contribution in [3.63, 3.8) is 0 Å². The molecule has 0 unspecified atom stereocenters. The number of allylic oxidation sites excluding steroid dienone is 1. The molecule has 0 aliphatic carbocycles. The highest BCUT2D eigenvalue weighted by molar-refractivity contribution is 9.10. The van der Waals surface area contributed by atoms with Crippen LogP contribution in [-0.4, -0.2) is 10.5 Å². The number of carbonyl (C=O) groups is 1. The molecule has 1 aliphatic heterocycles. The van der Waals surface area contributed by atoms with Gasteiger partial charge in [0.05, 0.1) is 16.1 Å². The van der Waals surface area contributed by atoms with Crippen LogP contribution in [0.25, 0.3) is 10.2 Å². The van der Waals surface area contributed by atoms with Gasteiger partial charge < -0.3 is 9.30 Å². The summed E-state index contributed by atoms with van der Waals surface area (Å²) in [6, 6.07) is 21.4. The highest BCUT2D eigenvalue weighted by atomic mass is 79.9. The summed E-state index contributed by atoms with van der Waals surface area (Å²) in [7, 11) is 0. The Morgan fingerprint density at radius 2 is 1.77 bits per heavy atom. The molecule has 0 fully saturated rings. The summed E-state index contributed by atoms with van der Waals surface area (Å²) < 4.78 is 10.1. The number of carbonyl (C=O) groups excluding carboxylic acids is 1. The third-order valence-corrected chi connectivity index (χ3v) is 6.62. The number of hydrogen-bond acceptors (Lipinski definition) is 3. The maximum atomic E-state index is 13.5. The number of benzene rings is 3. The molecule has 0 atom stereocenters. The van der Waals surface area contributed by atoms with Crippen LogP contribution in [0.1, 0.15) is 17.0 Å². The summed E-state index contributed by atoms with van der Waals surface area (Å²) in [5.41, 5.74) is 2.70. The molecule has 0 N–H and O–H groups in total. The molecule has 1 amide bonds. The van der Waals surface area contributed by atoms with E-state index in [1.165, 1.54) is 11.3 Å². The first-order chi connectivity index (χ1) is 14.7. The van der Waals surface area contributed by atoms with E-state index in [9.17, 15) is 4.79 Å². The number of fused-ring (bicyclic) bond motifs is 3. The molecular formula is C24H17BrN2O2S. The van der Waals surface area contributed by atoms with Gasteiger partial charge in [0, 0.05) is 22.1 Å². The molecule has 0 spiro atoms. The minimum atomic E-state index is -0.500. The quantitative estimate of drug-likeness (QED) is 0.339. The summed E-state index contributed by atoms with van der Waals surface area (Å²) in [5.74, 6) is 0.690. The molecule has 4 aromatic rings. The van der Waals surface area contributed by atoms with E-state index in [4.69, 9.17) is 4.74 Å². The standard InChI is InChI=1S/C24H17BrN2O2S/c1-2-13-27-18-12-11-15(25)14-21(18)30-24(27)26-23(28)22-16-7-3-5-9-19(16)29-20-10-6-4-8-17(20)22/h2-12,14,22H,1,13H2. The van der Waals surface area contributed by atoms with E-state index in [1.807, 2.05) is 77.4 Å². The van der Waals surface area contributed by atoms with Crippen LogP contribution in [0.15, 0.2) is 88.9 Å². The zero-order valence-corrected chi connectivity index (χ0v) is 18.3. The van der Waals surface area contributed by atoms with E-state index in [0.717, 1.165) is 25.8 Å². The normalized spacial score (nSPS) is 13.6. The topological polar surface area (TPSA) is 43.6 Å². The zero-order chi connectivity index (χ0) is 20.7. The Hall–Kier alpha value is -2.96. The van der Waals surface area contributed by atoms with E-state index < -0.39 is 5.92 Å². The van der Waals surface area contributed by atoms with E-state index in [1.54, 1.807) is 0 Å². The fraction of sp³-hybridized carbons (Fsp3) is 0.0833. The Balaban J connectivity index is 1.69. The van der Waals surface area contributed by atoms with Crippen LogP contribution in [0, 0.1) is 0 Å². The first-order valence-electron chi connectivity index (χ1n) is 9.50. The average Bonchev–Trinajstić information content (AvgIpc) is 3.08. The van der Waals surface area contributed by atoms with Gasteiger partial charge in [-0.15, -0.1) is 6.58 Å². The van der Waals surface area contributed by atoms with Crippen molar-refractivity contribution in [2.24, 2.45) is 4.99 Å². The lowest BCUT2D eigenvalue weighted by Gasteiger charge is -2.25. The number of aromatic nitrogens is 1. The summed E-state index contributed by atoms with van der Waals surface area (Å²) in [6.45, 7) is 4.44. The van der Waals surface area contributed by atoms with Gasteiger partial charge in [-0.05, 0) is 30.3 Å². The van der Waals surface area contributed by atoms with Crippen LogP contribution < -0.4 is 9.54 Å². The first-order valence-corrected chi connectivity index (χ1v) is 11.1. The van der Waals surface area contributed by atoms with Crippen molar-refractivity contribution >= 4 is 43.4 Å². The minimum absolute atomic E-state index is 0.207. The van der Waals surface area contributed by atoms with Crippen molar-refractivity contribution in [1.82, 2.24) is 4.57 Å². The number of rotatable bonds is 3. The van der Waals surface area contributed by atoms with Crippen LogP contribution in [0.3, 0.4) is 0 Å². The molecular weight excluding hydrogens is 460 g/mol. The Labute approximate surface area is 185 Å². The molecule has 30 heavy (non-hydrogen) atoms. The van der Waals surface area contributed by atoms with Crippen molar-refractivity contribution < 1.29 is 9.53 Å². The Morgan fingerprint density at radius 1 is 1.10 bits per heavy atom. The van der Waals surface area contributed by atoms with Gasteiger partial charge in [0.2, 0.25) is 0 Å². The number of para-hydroxylation sites is 2. The van der Waals surface area contributed by atoms with Crippen molar-refractivity contribution in [1.29, 1.82) is 0 Å². The Bertz CT molecular complexity index is 1320. The first kappa shape index (κ1) is 19.0. The molecule has 0 saturated carbocycles. The SMILES string of the molecule is C=CCn1c(=NC(=O)C2c3ccccc3Oc3ccccc32)sc2cc(Br)ccc21. The highest BCUT2D eigenvalue weighted by Gasteiger charge is 2.32. The van der Waals surface area contributed by atoms with Crippen molar-refractivity contribution in [3.05, 3.63) is 99.8 Å². The molecule has 5 rings (SSSR count). The second-order valence-corrected chi connectivity index (χ2v) is 8.88. The van der Waals surface area contributed by atoms with Gasteiger partial charge >= 0.3 is 0 Å². The highest BCUT2D eigenvalue weighted by Crippen LogP contribution is 2.44. The van der Waals surface area contributed by atoms with Crippen molar-refractivity contribution in [2.45, 2.75) is 12.5 Å². The molecule has 2 heterocycles. The zero-order valence-electron chi connectivity index (χ0n) is 15.9. The number of amides is 1. The average molecular weight is 477 g/mol. The van der Waals surface area contributed by atoms with Gasteiger partial charge in [-0.25, -0.2) is 0 Å². The van der Waals surface area contributed by atoms with Gasteiger partial charge in [-0.3, -0.25) is 4.79 Å². The fourth-order valence-electron chi connectivity index (χ4n) is 3.77. The predicted molar refractivity (Wildman–Crippen MR) is 123 cm³/mol. The van der Waals surface area contributed by atoms with Gasteiger partial charge in [-0.2, -0.15) is 4.99 Å². The molecule has 0 radical (unpaired) electrons. The van der Waals surface area contributed by atoms with E-state index >= 15 is 0 Å². The second kappa shape index (κ2) is 7.70. The van der Waals surface area contributed by atoms with Crippen LogP contribution in [0.5, 0.6) is 11.5 Å². The number of hydrogen-bond donors (Lipinski definition) is 0. The second-order valence-electron chi connectivity index (χ2n) is 6.96. The van der Waals surface area contributed by atoms with Crippen LogP contribution in [0.4, 0.5) is 0 Å². The van der Waals surface area contributed by atoms with E-state index in [2.05, 4.69) is 27.5 Å². The molecule has 0 bridgehead atoms. The molecule has 0 saturated heterocycles. The Kier molecular flexibility index (Phi) is 4.89. The molecule has 1 aromatic heterocycles. The number of nitrogens with zero attached hydrogens (tertiary/aromatic N) is 2. The molecule has 3 aromatic carbocycles. The lowest BCUT2D eigenvalue weighted by Crippen LogP contribution is -2.22. The van der Waals surface area contributed by atoms with Crippen LogP contribution >= 0.6 is 27.3 Å². The van der Waals surface area contributed by atoms with Crippen LogP contribution in [0.2, 0.25) is 0 Å². The monoisotopic (exact) mass is 476 g/mol. The number of thiazole rings is 1. The number of halogens is 1. The largest absolute Gasteiger partial charge is 0.457 e. The van der Waals surface area contributed by atoms with Gasteiger partial charge in [0.1, 0.15) is 11.5 Å². The summed E-state index contributed by atoms with van der Waals surface area (Å²) >= 11 is 5.02. The summed E-state index contributed by atoms with van der Waals surface area (Å²) in [6.07, 6.45) is 1.82. The van der Waals surface area contributed by atoms with E-state index in [0.29, 0.717) is 22.8 Å². The lowest BCUT2D eigenvalue weighted by atomic mass is 9.87. The molecule has 6 heteroatoms. The van der Waals surface area contributed by atoms with E-state index in [-0.39, 0.29) is 5.91 Å². The number of ether oxygens (including phenoxy) is 1. The van der Waals surface area contributed by atoms with Crippen molar-refractivity contribution in [2.75, 3.05) is 0 Å². The third-order valence-electron chi connectivity index (χ3n) is 5.09. The third kappa shape index (κ3) is 3.22. The van der Waals surface area contributed by atoms with Crippen molar-refractivity contribution in [3.8, 4) is 11.5 Å². The Morgan fingerprint density at radius 3 is 2.43 bits per heavy atom. The molecule has 1 aliphatic rings. The van der Waals surface area contributed by atoms with Gasteiger partial charge in [0.25, 0.3) is 5.91 Å². The summed E-state index contributed by atoms with van der Waals surface area (Å²) in [4.78, 5) is 18.8. The molecule has 4 nitrogen and oxygen atoms in total. The minimum Gasteiger partial charge on any atom is -0.457 e. The maximum absolute atomic E-state index is 13.5. The smallest absolute Gasteiger partial charge is 0.260 e. The van der Waals surface area contributed by atoms with Gasteiger partial charge in [-0.1, -0.05) is 69.7 Å². The predicted octanol–water partition coefficient (Wildman–Crippen LogP) is 6.02. The van der Waals surface area contributed by atoms with Gasteiger partial charge in [0.15, 0.2) is 4.80 Å².